The van der Waals surface area contributed by atoms with Gasteiger partial charge in [0.15, 0.2) is 0 Å². The van der Waals surface area contributed by atoms with Crippen molar-refractivity contribution in [2.24, 2.45) is 5.92 Å². The Morgan fingerprint density at radius 3 is 2.69 bits per heavy atom. The monoisotopic (exact) mass is 499 g/mol. The molecular formula is C27H37N3O6. The number of urea groups is 1. The largest absolute Gasteiger partial charge is 0.497 e. The number of carbonyl (C=O) groups excluding carboxylic acids is 3. The van der Waals surface area contributed by atoms with Crippen LogP contribution in [0.5, 0.6) is 5.75 Å². The van der Waals surface area contributed by atoms with E-state index in [4.69, 9.17) is 9.47 Å². The lowest BCUT2D eigenvalue weighted by Crippen LogP contribution is -2.55. The average Bonchev–Trinajstić information content (AvgIpc) is 3.42. The number of esters is 1. The Bertz CT molecular complexity index is 980. The summed E-state index contributed by atoms with van der Waals surface area (Å²) in [4.78, 5) is 43.2. The predicted molar refractivity (Wildman–Crippen MR) is 133 cm³/mol. The second-order valence-electron chi connectivity index (χ2n) is 9.88. The van der Waals surface area contributed by atoms with E-state index in [2.05, 4.69) is 11.4 Å². The highest BCUT2D eigenvalue weighted by Crippen LogP contribution is 2.46. The van der Waals surface area contributed by atoms with Crippen LogP contribution in [0.1, 0.15) is 51.0 Å². The van der Waals surface area contributed by atoms with E-state index >= 15 is 0 Å². The lowest BCUT2D eigenvalue weighted by Gasteiger charge is -2.32. The van der Waals surface area contributed by atoms with Crippen LogP contribution in [0.2, 0.25) is 0 Å². The van der Waals surface area contributed by atoms with Gasteiger partial charge in [-0.25, -0.2) is 9.59 Å². The van der Waals surface area contributed by atoms with Crippen molar-refractivity contribution in [2.75, 3.05) is 26.8 Å². The Kier molecular flexibility index (Phi) is 8.18. The standard InChI is InChI=1S/C27H37N3O6/c1-3-36-25(33)27-16-20(27)9-7-5-4-6-8-14-29(17-19-10-12-22(35-2)13-11-19)26(34)30-18-21(31)15-23(30)24(32)28-27/h7,9-13,20-21,23,31H,3-6,8,14-18H2,1-2H3,(H,28,32)/b9-7-/t20-,21-,23-,27+/m0/s1. The zero-order valence-corrected chi connectivity index (χ0v) is 21.2. The Labute approximate surface area is 212 Å². The highest BCUT2D eigenvalue weighted by atomic mass is 16.5. The number of carbonyl (C=O) groups is 3. The van der Waals surface area contributed by atoms with Gasteiger partial charge in [0.2, 0.25) is 5.91 Å². The van der Waals surface area contributed by atoms with Crippen LogP contribution in [0.4, 0.5) is 4.79 Å². The summed E-state index contributed by atoms with van der Waals surface area (Å²) in [5, 5.41) is 13.3. The van der Waals surface area contributed by atoms with E-state index in [1.54, 1.807) is 18.9 Å². The maximum atomic E-state index is 13.7. The maximum absolute atomic E-state index is 13.7. The molecule has 1 saturated carbocycles. The predicted octanol–water partition coefficient (Wildman–Crippen LogP) is 2.62. The van der Waals surface area contributed by atoms with Crippen molar-refractivity contribution in [3.8, 4) is 5.75 Å². The van der Waals surface area contributed by atoms with Crippen LogP contribution in [-0.4, -0.2) is 77.3 Å². The zero-order valence-electron chi connectivity index (χ0n) is 21.2. The van der Waals surface area contributed by atoms with E-state index in [1.165, 1.54) is 4.90 Å². The van der Waals surface area contributed by atoms with Crippen molar-refractivity contribution >= 4 is 17.9 Å². The number of ether oxygens (including phenoxy) is 2. The third-order valence-electron chi connectivity index (χ3n) is 7.30. The minimum atomic E-state index is -1.10. The molecule has 4 atom stereocenters. The summed E-state index contributed by atoms with van der Waals surface area (Å²) in [6, 6.07) is 6.42. The van der Waals surface area contributed by atoms with Crippen LogP contribution in [0, 0.1) is 5.92 Å². The number of benzene rings is 1. The van der Waals surface area contributed by atoms with Crippen molar-refractivity contribution in [1.29, 1.82) is 0 Å². The van der Waals surface area contributed by atoms with Crippen LogP contribution >= 0.6 is 0 Å². The summed E-state index contributed by atoms with van der Waals surface area (Å²) in [6.45, 7) is 2.97. The minimum Gasteiger partial charge on any atom is -0.497 e. The molecule has 3 amide bonds. The van der Waals surface area contributed by atoms with E-state index in [-0.39, 0.29) is 31.5 Å². The first kappa shape index (κ1) is 26.0. The second-order valence-corrected chi connectivity index (χ2v) is 9.88. The normalized spacial score (nSPS) is 29.8. The number of hydrogen-bond acceptors (Lipinski definition) is 6. The van der Waals surface area contributed by atoms with E-state index in [9.17, 15) is 19.5 Å². The van der Waals surface area contributed by atoms with E-state index in [1.807, 2.05) is 30.3 Å². The molecule has 9 nitrogen and oxygen atoms in total. The topological polar surface area (TPSA) is 108 Å². The van der Waals surface area contributed by atoms with Gasteiger partial charge in [0.05, 0.1) is 19.8 Å². The van der Waals surface area contributed by atoms with Crippen molar-refractivity contribution in [3.63, 3.8) is 0 Å². The summed E-state index contributed by atoms with van der Waals surface area (Å²) in [6.07, 6.45) is 7.50. The van der Waals surface area contributed by atoms with Gasteiger partial charge in [-0.05, 0) is 50.3 Å². The molecule has 2 N–H and O–H groups in total. The molecule has 196 valence electrons. The number of nitrogens with zero attached hydrogens (tertiary/aromatic N) is 2. The Morgan fingerprint density at radius 1 is 1.19 bits per heavy atom. The van der Waals surface area contributed by atoms with Crippen LogP contribution in [0.15, 0.2) is 36.4 Å². The Hall–Kier alpha value is -3.07. The zero-order chi connectivity index (χ0) is 25.7. The lowest BCUT2D eigenvalue weighted by atomic mass is 10.1. The first-order chi connectivity index (χ1) is 17.4. The molecule has 0 radical (unpaired) electrons. The molecule has 2 aliphatic heterocycles. The molecule has 3 aliphatic rings. The van der Waals surface area contributed by atoms with Crippen molar-refractivity contribution in [1.82, 2.24) is 15.1 Å². The van der Waals surface area contributed by atoms with E-state index < -0.39 is 29.6 Å². The molecule has 0 unspecified atom stereocenters. The maximum Gasteiger partial charge on any atom is 0.332 e. The van der Waals surface area contributed by atoms with Gasteiger partial charge in [0.1, 0.15) is 17.3 Å². The first-order valence-electron chi connectivity index (χ1n) is 12.9. The third kappa shape index (κ3) is 5.67. The molecule has 36 heavy (non-hydrogen) atoms. The van der Waals surface area contributed by atoms with Gasteiger partial charge in [-0.15, -0.1) is 0 Å². The fourth-order valence-corrected chi connectivity index (χ4v) is 5.16. The molecule has 4 rings (SSSR count). The fourth-order valence-electron chi connectivity index (χ4n) is 5.16. The van der Waals surface area contributed by atoms with Crippen LogP contribution < -0.4 is 10.1 Å². The number of methoxy groups -OCH3 is 1. The molecule has 9 heteroatoms. The fraction of sp³-hybridized carbons (Fsp3) is 0.593. The molecule has 0 spiro atoms. The molecule has 0 bridgehead atoms. The number of fused-ring (bicyclic) bond motifs is 2. The average molecular weight is 500 g/mol. The van der Waals surface area contributed by atoms with Crippen molar-refractivity contribution < 1.29 is 29.0 Å². The van der Waals surface area contributed by atoms with Crippen molar-refractivity contribution in [3.05, 3.63) is 42.0 Å². The van der Waals surface area contributed by atoms with Gasteiger partial charge in [0, 0.05) is 32.0 Å². The number of allylic oxidation sites excluding steroid dienone is 1. The number of aliphatic hydroxyl groups is 1. The summed E-state index contributed by atoms with van der Waals surface area (Å²) >= 11 is 0. The Morgan fingerprint density at radius 2 is 1.97 bits per heavy atom. The number of amides is 3. The molecule has 2 fully saturated rings. The van der Waals surface area contributed by atoms with Crippen molar-refractivity contribution in [2.45, 2.75) is 69.7 Å². The summed E-state index contributed by atoms with van der Waals surface area (Å²) < 4.78 is 10.5. The van der Waals surface area contributed by atoms with E-state index in [0.717, 1.165) is 37.0 Å². The quantitative estimate of drug-likeness (QED) is 0.476. The first-order valence-corrected chi connectivity index (χ1v) is 12.9. The van der Waals surface area contributed by atoms with Crippen LogP contribution in [0.25, 0.3) is 0 Å². The molecule has 1 aromatic carbocycles. The van der Waals surface area contributed by atoms with Gasteiger partial charge in [-0.1, -0.05) is 30.7 Å². The number of rotatable bonds is 5. The van der Waals surface area contributed by atoms with Gasteiger partial charge >= 0.3 is 12.0 Å². The van der Waals surface area contributed by atoms with Crippen LogP contribution in [0.3, 0.4) is 0 Å². The molecule has 1 aromatic rings. The third-order valence-corrected chi connectivity index (χ3v) is 7.30. The molecule has 1 saturated heterocycles. The summed E-state index contributed by atoms with van der Waals surface area (Å²) in [5.41, 5.74) is -0.151. The summed E-state index contributed by atoms with van der Waals surface area (Å²) in [7, 11) is 1.61. The smallest absolute Gasteiger partial charge is 0.332 e. The van der Waals surface area contributed by atoms with Gasteiger partial charge < -0.3 is 29.7 Å². The SMILES string of the molecule is CCOC(=O)[C@@]12C[C@@H]1/C=C\CCCCCN(Cc1ccc(OC)cc1)C(=O)N1C[C@@H](O)C[C@H]1C(=O)N2. The lowest BCUT2D eigenvalue weighted by molar-refractivity contribution is -0.149. The van der Waals surface area contributed by atoms with Crippen LogP contribution in [-0.2, 0) is 20.9 Å². The molecule has 2 heterocycles. The second kappa shape index (κ2) is 11.3. The number of hydrogen-bond donors (Lipinski definition) is 2. The van der Waals surface area contributed by atoms with E-state index in [0.29, 0.717) is 19.5 Å². The van der Waals surface area contributed by atoms with Gasteiger partial charge in [-0.2, -0.15) is 0 Å². The number of aliphatic hydroxyl groups excluding tert-OH is 1. The van der Waals surface area contributed by atoms with Gasteiger partial charge in [0.25, 0.3) is 0 Å². The highest BCUT2D eigenvalue weighted by molar-refractivity contribution is 5.95. The minimum absolute atomic E-state index is 0.0752. The number of nitrogens with one attached hydrogen (secondary N) is 1. The highest BCUT2D eigenvalue weighted by Gasteiger charge is 2.62. The molecule has 1 aliphatic carbocycles. The van der Waals surface area contributed by atoms with Gasteiger partial charge in [-0.3, -0.25) is 4.79 Å². The Balaban J connectivity index is 1.58. The molecule has 0 aromatic heterocycles. The summed E-state index contributed by atoms with van der Waals surface area (Å²) in [5.74, 6) is -0.269. The molecular weight excluding hydrogens is 462 g/mol.